The van der Waals surface area contributed by atoms with Gasteiger partial charge in [0.25, 0.3) is 0 Å². The molecule has 1 heterocycles. The molecule has 1 aromatic carbocycles. The molecule has 0 saturated heterocycles. The van der Waals surface area contributed by atoms with E-state index < -0.39 is 12.1 Å². The van der Waals surface area contributed by atoms with E-state index in [1.807, 2.05) is 0 Å². The summed E-state index contributed by atoms with van der Waals surface area (Å²) in [5, 5.41) is 5.99. The summed E-state index contributed by atoms with van der Waals surface area (Å²) in [4.78, 5) is 15.0. The van der Waals surface area contributed by atoms with E-state index in [0.29, 0.717) is 24.3 Å². The van der Waals surface area contributed by atoms with Crippen molar-refractivity contribution in [2.45, 2.75) is 31.9 Å². The second-order valence-corrected chi connectivity index (χ2v) is 5.00. The van der Waals surface area contributed by atoms with E-state index in [1.54, 1.807) is 31.4 Å². The second-order valence-electron chi connectivity index (χ2n) is 5.00. The number of carbonyl (C=O) groups excluding carboxylic acids is 1. The number of methoxy groups -OCH3 is 1. The molecule has 0 saturated carbocycles. The van der Waals surface area contributed by atoms with Gasteiger partial charge in [-0.1, -0.05) is 5.16 Å². The maximum Gasteiger partial charge on any atom is 0.471 e. The first-order chi connectivity index (χ1) is 11.4. The molecule has 1 aromatic heterocycles. The van der Waals surface area contributed by atoms with Crippen molar-refractivity contribution in [3.05, 3.63) is 36.0 Å². The summed E-state index contributed by atoms with van der Waals surface area (Å²) >= 11 is 0. The van der Waals surface area contributed by atoms with E-state index >= 15 is 0 Å². The third-order valence-corrected chi connectivity index (χ3v) is 3.14. The van der Waals surface area contributed by atoms with Crippen LogP contribution in [0.25, 0.3) is 0 Å². The monoisotopic (exact) mass is 343 g/mol. The van der Waals surface area contributed by atoms with Gasteiger partial charge in [0.15, 0.2) is 5.82 Å². The molecule has 2 rings (SSSR count). The smallest absolute Gasteiger partial charge is 0.471 e. The maximum atomic E-state index is 12.3. The van der Waals surface area contributed by atoms with Crippen molar-refractivity contribution in [1.29, 1.82) is 0 Å². The number of unbranched alkanes of at least 4 members (excludes halogenated alkanes) is 1. The highest BCUT2D eigenvalue weighted by Gasteiger charge is 2.38. The number of anilines is 1. The third kappa shape index (κ3) is 5.25. The third-order valence-electron chi connectivity index (χ3n) is 3.14. The summed E-state index contributed by atoms with van der Waals surface area (Å²) in [5.41, 5.74) is 0.647. The summed E-state index contributed by atoms with van der Waals surface area (Å²) in [6.07, 6.45) is -3.19. The maximum absolute atomic E-state index is 12.3. The molecule has 0 aliphatic carbocycles. The molecule has 0 bridgehead atoms. The highest BCUT2D eigenvalue weighted by molar-refractivity contribution is 5.90. The van der Waals surface area contributed by atoms with Crippen molar-refractivity contribution >= 4 is 11.6 Å². The molecule has 0 aliphatic rings. The van der Waals surface area contributed by atoms with Gasteiger partial charge in [0.2, 0.25) is 5.91 Å². The molecule has 0 aliphatic heterocycles. The van der Waals surface area contributed by atoms with E-state index in [2.05, 4.69) is 20.0 Å². The Morgan fingerprint density at radius 3 is 2.54 bits per heavy atom. The van der Waals surface area contributed by atoms with Gasteiger partial charge in [-0.25, -0.2) is 0 Å². The zero-order valence-corrected chi connectivity index (χ0v) is 12.9. The Hall–Kier alpha value is -2.58. The van der Waals surface area contributed by atoms with Gasteiger partial charge >= 0.3 is 12.1 Å². The van der Waals surface area contributed by atoms with E-state index in [0.717, 1.165) is 0 Å². The van der Waals surface area contributed by atoms with Gasteiger partial charge in [-0.05, 0) is 37.1 Å². The average molecular weight is 343 g/mol. The van der Waals surface area contributed by atoms with Crippen molar-refractivity contribution in [2.24, 2.45) is 0 Å². The number of amides is 1. The van der Waals surface area contributed by atoms with Crippen molar-refractivity contribution < 1.29 is 27.2 Å². The van der Waals surface area contributed by atoms with Gasteiger partial charge < -0.3 is 14.6 Å². The molecule has 0 fully saturated rings. The number of carbonyl (C=O) groups is 1. The van der Waals surface area contributed by atoms with Crippen LogP contribution < -0.4 is 10.1 Å². The highest BCUT2D eigenvalue weighted by atomic mass is 19.4. The normalized spacial score (nSPS) is 11.3. The number of alkyl halides is 3. The van der Waals surface area contributed by atoms with Gasteiger partial charge in [0, 0.05) is 18.5 Å². The number of ether oxygens (including phenoxy) is 1. The first-order valence-electron chi connectivity index (χ1n) is 7.22. The summed E-state index contributed by atoms with van der Waals surface area (Å²) in [5.74, 6) is -0.858. The van der Waals surface area contributed by atoms with Gasteiger partial charge in [-0.15, -0.1) is 0 Å². The Labute approximate surface area is 136 Å². The molecule has 130 valence electrons. The molecule has 1 N–H and O–H groups in total. The van der Waals surface area contributed by atoms with E-state index in [9.17, 15) is 18.0 Å². The molecule has 0 radical (unpaired) electrons. The minimum absolute atomic E-state index is 0.0158. The summed E-state index contributed by atoms with van der Waals surface area (Å²) in [7, 11) is 1.55. The summed E-state index contributed by atoms with van der Waals surface area (Å²) < 4.78 is 46.0. The number of rotatable bonds is 7. The minimum Gasteiger partial charge on any atom is -0.497 e. The van der Waals surface area contributed by atoms with E-state index in [1.165, 1.54) is 0 Å². The lowest BCUT2D eigenvalue weighted by molar-refractivity contribution is -0.159. The largest absolute Gasteiger partial charge is 0.497 e. The van der Waals surface area contributed by atoms with Crippen molar-refractivity contribution in [1.82, 2.24) is 10.1 Å². The molecule has 0 atom stereocenters. The molecule has 1 amide bonds. The summed E-state index contributed by atoms with van der Waals surface area (Å²) in [6.45, 7) is 0. The van der Waals surface area contributed by atoms with Crippen LogP contribution in [-0.2, 0) is 17.4 Å². The Balaban J connectivity index is 1.69. The Morgan fingerprint density at radius 1 is 1.25 bits per heavy atom. The van der Waals surface area contributed by atoms with Gasteiger partial charge in [-0.2, -0.15) is 18.2 Å². The van der Waals surface area contributed by atoms with Gasteiger partial charge in [-0.3, -0.25) is 4.79 Å². The van der Waals surface area contributed by atoms with Crippen molar-refractivity contribution in [3.8, 4) is 5.75 Å². The molecule has 6 nitrogen and oxygen atoms in total. The number of hydrogen-bond acceptors (Lipinski definition) is 5. The molecule has 0 spiro atoms. The fourth-order valence-electron chi connectivity index (χ4n) is 1.94. The molecule has 9 heteroatoms. The number of nitrogens with zero attached hydrogens (tertiary/aromatic N) is 2. The van der Waals surface area contributed by atoms with Gasteiger partial charge in [0.05, 0.1) is 7.11 Å². The van der Waals surface area contributed by atoms with E-state index in [4.69, 9.17) is 4.74 Å². The van der Waals surface area contributed by atoms with Crippen molar-refractivity contribution in [3.63, 3.8) is 0 Å². The van der Waals surface area contributed by atoms with Crippen LogP contribution in [0.4, 0.5) is 18.9 Å². The fraction of sp³-hybridized carbons (Fsp3) is 0.400. The lowest BCUT2D eigenvalue weighted by Gasteiger charge is -2.06. The average Bonchev–Trinajstić information content (AvgIpc) is 3.01. The predicted octanol–water partition coefficient (Wildman–Crippen LogP) is 3.45. The number of hydrogen-bond donors (Lipinski definition) is 1. The topological polar surface area (TPSA) is 77.2 Å². The fourth-order valence-corrected chi connectivity index (χ4v) is 1.94. The quantitative estimate of drug-likeness (QED) is 0.779. The summed E-state index contributed by atoms with van der Waals surface area (Å²) in [6, 6.07) is 6.89. The number of halogens is 3. The van der Waals surface area contributed by atoms with Crippen LogP contribution >= 0.6 is 0 Å². The number of aryl methyl sites for hydroxylation is 1. The predicted molar refractivity (Wildman–Crippen MR) is 78.5 cm³/mol. The minimum atomic E-state index is -4.64. The van der Waals surface area contributed by atoms with Gasteiger partial charge in [0.1, 0.15) is 5.75 Å². The van der Waals surface area contributed by atoms with Crippen LogP contribution in [0.15, 0.2) is 28.8 Å². The van der Waals surface area contributed by atoms with Crippen LogP contribution in [-0.4, -0.2) is 23.2 Å². The molecular weight excluding hydrogens is 327 g/mol. The Kier molecular flexibility index (Phi) is 5.78. The van der Waals surface area contributed by atoms with Crippen molar-refractivity contribution in [2.75, 3.05) is 12.4 Å². The van der Waals surface area contributed by atoms with Crippen LogP contribution in [0.3, 0.4) is 0 Å². The van der Waals surface area contributed by atoms with Crippen LogP contribution in [0.1, 0.15) is 31.0 Å². The number of aromatic nitrogens is 2. The van der Waals surface area contributed by atoms with E-state index in [-0.39, 0.29) is 24.6 Å². The SMILES string of the molecule is COc1ccc(NC(=O)CCCCc2noc(C(F)(F)F)n2)cc1. The molecular formula is C15H16F3N3O3. The zero-order valence-electron chi connectivity index (χ0n) is 12.9. The first kappa shape index (κ1) is 17.8. The Bertz CT molecular complexity index is 669. The molecule has 24 heavy (non-hydrogen) atoms. The van der Waals surface area contributed by atoms with Crippen LogP contribution in [0, 0.1) is 0 Å². The van der Waals surface area contributed by atoms with Crippen LogP contribution in [0.2, 0.25) is 0 Å². The number of benzene rings is 1. The first-order valence-corrected chi connectivity index (χ1v) is 7.22. The highest BCUT2D eigenvalue weighted by Crippen LogP contribution is 2.27. The van der Waals surface area contributed by atoms with Crippen LogP contribution in [0.5, 0.6) is 5.75 Å². The standard InChI is InChI=1S/C15H16F3N3O3/c1-23-11-8-6-10(7-9-11)19-13(22)5-3-2-4-12-20-14(24-21-12)15(16,17)18/h6-9H,2-5H2,1H3,(H,19,22). The molecule has 2 aromatic rings. The number of nitrogens with one attached hydrogen (secondary N) is 1. The zero-order chi connectivity index (χ0) is 17.6. The Morgan fingerprint density at radius 2 is 1.96 bits per heavy atom. The molecule has 0 unspecified atom stereocenters. The lowest BCUT2D eigenvalue weighted by atomic mass is 10.2. The lowest BCUT2D eigenvalue weighted by Crippen LogP contribution is -2.11. The second kappa shape index (κ2) is 7.80.